The van der Waals surface area contributed by atoms with Crippen LogP contribution in [0.4, 0.5) is 4.39 Å². The summed E-state index contributed by atoms with van der Waals surface area (Å²) < 4.78 is 23.5. The van der Waals surface area contributed by atoms with E-state index in [1.807, 2.05) is 6.92 Å². The summed E-state index contributed by atoms with van der Waals surface area (Å²) >= 11 is 0. The average molecular weight is 277 g/mol. The van der Waals surface area contributed by atoms with Gasteiger partial charge in [-0.2, -0.15) is 0 Å². The van der Waals surface area contributed by atoms with Crippen molar-refractivity contribution in [3.8, 4) is 5.75 Å². The van der Waals surface area contributed by atoms with Crippen molar-refractivity contribution in [3.63, 3.8) is 0 Å². The monoisotopic (exact) mass is 277 g/mol. The normalized spacial score (nSPS) is 11.9. The number of carbonyl (C=O) groups excluding carboxylic acids is 1. The summed E-state index contributed by atoms with van der Waals surface area (Å²) in [5, 5.41) is 2.74. The number of hydrogen-bond donors (Lipinski definition) is 1. The fourth-order valence-electron chi connectivity index (χ4n) is 1.70. The van der Waals surface area contributed by atoms with Crippen molar-refractivity contribution in [1.29, 1.82) is 0 Å². The molecule has 0 aliphatic rings. The highest BCUT2D eigenvalue weighted by Gasteiger charge is 2.18. The van der Waals surface area contributed by atoms with Crippen LogP contribution in [0, 0.1) is 5.82 Å². The van der Waals surface area contributed by atoms with Crippen molar-refractivity contribution in [1.82, 2.24) is 5.32 Å². The van der Waals surface area contributed by atoms with Crippen molar-refractivity contribution in [2.24, 2.45) is 0 Å². The number of ether oxygens (including phenoxy) is 1. The van der Waals surface area contributed by atoms with Gasteiger partial charge in [-0.3, -0.25) is 4.79 Å². The SMILES string of the molecule is CC[C@H](Oc1ccc(F)cc1)C(=O)NCc1ccco1. The Balaban J connectivity index is 1.90. The third-order valence-electron chi connectivity index (χ3n) is 2.77. The van der Waals surface area contributed by atoms with Gasteiger partial charge in [0.25, 0.3) is 5.91 Å². The van der Waals surface area contributed by atoms with Crippen LogP contribution < -0.4 is 10.1 Å². The second-order valence-electron chi connectivity index (χ2n) is 4.27. The Labute approximate surface area is 116 Å². The van der Waals surface area contributed by atoms with Crippen LogP contribution in [-0.4, -0.2) is 12.0 Å². The Kier molecular flexibility index (Phi) is 4.76. The standard InChI is InChI=1S/C15H16FNO3/c1-2-14(20-12-7-5-11(16)6-8-12)15(18)17-10-13-4-3-9-19-13/h3-9,14H,2,10H2,1H3,(H,17,18)/t14-/m0/s1. The molecule has 5 heteroatoms. The van der Waals surface area contributed by atoms with Gasteiger partial charge in [0.15, 0.2) is 6.10 Å². The van der Waals surface area contributed by atoms with E-state index in [1.165, 1.54) is 24.3 Å². The van der Waals surface area contributed by atoms with E-state index in [2.05, 4.69) is 5.32 Å². The van der Waals surface area contributed by atoms with Crippen LogP contribution >= 0.6 is 0 Å². The summed E-state index contributed by atoms with van der Waals surface area (Å²) in [7, 11) is 0. The molecular weight excluding hydrogens is 261 g/mol. The van der Waals surface area contributed by atoms with E-state index >= 15 is 0 Å². The molecule has 0 spiro atoms. The molecular formula is C15H16FNO3. The lowest BCUT2D eigenvalue weighted by Gasteiger charge is -2.16. The average Bonchev–Trinajstić information content (AvgIpc) is 2.97. The highest BCUT2D eigenvalue weighted by atomic mass is 19.1. The van der Waals surface area contributed by atoms with E-state index in [9.17, 15) is 9.18 Å². The lowest BCUT2D eigenvalue weighted by atomic mass is 10.2. The van der Waals surface area contributed by atoms with Gasteiger partial charge in [-0.05, 0) is 42.8 Å². The molecule has 0 aliphatic carbocycles. The number of rotatable bonds is 6. The molecule has 1 N–H and O–H groups in total. The summed E-state index contributed by atoms with van der Waals surface area (Å²) in [5.41, 5.74) is 0. The summed E-state index contributed by atoms with van der Waals surface area (Å²) in [5.74, 6) is 0.572. The quantitative estimate of drug-likeness (QED) is 0.883. The van der Waals surface area contributed by atoms with E-state index in [-0.39, 0.29) is 11.7 Å². The lowest BCUT2D eigenvalue weighted by molar-refractivity contribution is -0.128. The molecule has 0 bridgehead atoms. The predicted molar refractivity (Wildman–Crippen MR) is 71.7 cm³/mol. The van der Waals surface area contributed by atoms with Crippen LogP contribution in [0.1, 0.15) is 19.1 Å². The topological polar surface area (TPSA) is 51.5 Å². The molecule has 0 fully saturated rings. The first kappa shape index (κ1) is 14.1. The molecule has 0 unspecified atom stereocenters. The van der Waals surface area contributed by atoms with E-state index in [0.717, 1.165) is 0 Å². The second kappa shape index (κ2) is 6.75. The largest absolute Gasteiger partial charge is 0.481 e. The predicted octanol–water partition coefficient (Wildman–Crippen LogP) is 2.89. The van der Waals surface area contributed by atoms with E-state index in [1.54, 1.807) is 18.4 Å². The van der Waals surface area contributed by atoms with Crippen molar-refractivity contribution in [2.45, 2.75) is 26.0 Å². The fraction of sp³-hybridized carbons (Fsp3) is 0.267. The third kappa shape index (κ3) is 3.85. The minimum absolute atomic E-state index is 0.228. The minimum Gasteiger partial charge on any atom is -0.481 e. The van der Waals surface area contributed by atoms with Gasteiger partial charge in [0.1, 0.15) is 17.3 Å². The Morgan fingerprint density at radius 3 is 2.70 bits per heavy atom. The molecule has 2 aromatic rings. The number of halogens is 1. The van der Waals surface area contributed by atoms with E-state index in [4.69, 9.17) is 9.15 Å². The highest BCUT2D eigenvalue weighted by molar-refractivity contribution is 5.80. The number of hydrogen-bond acceptors (Lipinski definition) is 3. The Hall–Kier alpha value is -2.30. The molecule has 0 aliphatic heterocycles. The molecule has 2 rings (SSSR count). The first-order valence-electron chi connectivity index (χ1n) is 6.41. The zero-order valence-electron chi connectivity index (χ0n) is 11.1. The number of benzene rings is 1. The number of carbonyl (C=O) groups is 1. The zero-order chi connectivity index (χ0) is 14.4. The molecule has 1 aromatic heterocycles. The molecule has 1 aromatic carbocycles. The van der Waals surface area contributed by atoms with Crippen LogP contribution in [-0.2, 0) is 11.3 Å². The molecule has 20 heavy (non-hydrogen) atoms. The molecule has 1 atom stereocenters. The van der Waals surface area contributed by atoms with Crippen LogP contribution in [0.5, 0.6) is 5.75 Å². The van der Waals surface area contributed by atoms with Gasteiger partial charge in [0.2, 0.25) is 0 Å². The van der Waals surface area contributed by atoms with Crippen molar-refractivity contribution < 1.29 is 18.3 Å². The van der Waals surface area contributed by atoms with Gasteiger partial charge in [-0.25, -0.2) is 4.39 Å². The molecule has 106 valence electrons. The van der Waals surface area contributed by atoms with Crippen molar-refractivity contribution >= 4 is 5.91 Å². The van der Waals surface area contributed by atoms with E-state index in [0.29, 0.717) is 24.5 Å². The zero-order valence-corrected chi connectivity index (χ0v) is 11.1. The second-order valence-corrected chi connectivity index (χ2v) is 4.27. The van der Waals surface area contributed by atoms with Gasteiger partial charge in [0.05, 0.1) is 12.8 Å². The summed E-state index contributed by atoms with van der Waals surface area (Å²) in [6.07, 6.45) is 1.45. The van der Waals surface area contributed by atoms with Crippen LogP contribution in [0.15, 0.2) is 47.1 Å². The molecule has 1 heterocycles. The van der Waals surface area contributed by atoms with Gasteiger partial charge < -0.3 is 14.5 Å². The van der Waals surface area contributed by atoms with Gasteiger partial charge in [-0.15, -0.1) is 0 Å². The number of furan rings is 1. The van der Waals surface area contributed by atoms with Crippen LogP contribution in [0.25, 0.3) is 0 Å². The molecule has 1 amide bonds. The fourth-order valence-corrected chi connectivity index (χ4v) is 1.70. The molecule has 0 radical (unpaired) electrons. The maximum absolute atomic E-state index is 12.8. The molecule has 0 saturated carbocycles. The summed E-state index contributed by atoms with van der Waals surface area (Å²) in [4.78, 5) is 12.0. The first-order chi connectivity index (χ1) is 9.69. The van der Waals surface area contributed by atoms with Crippen molar-refractivity contribution in [3.05, 3.63) is 54.2 Å². The van der Waals surface area contributed by atoms with Crippen LogP contribution in [0.3, 0.4) is 0 Å². The highest BCUT2D eigenvalue weighted by Crippen LogP contribution is 2.14. The first-order valence-corrected chi connectivity index (χ1v) is 6.41. The summed E-state index contributed by atoms with van der Waals surface area (Å²) in [6.45, 7) is 2.16. The van der Waals surface area contributed by atoms with Crippen molar-refractivity contribution in [2.75, 3.05) is 0 Å². The summed E-state index contributed by atoms with van der Waals surface area (Å²) in [6, 6.07) is 9.12. The maximum atomic E-state index is 12.8. The minimum atomic E-state index is -0.615. The maximum Gasteiger partial charge on any atom is 0.261 e. The smallest absolute Gasteiger partial charge is 0.261 e. The number of nitrogens with one attached hydrogen (secondary N) is 1. The van der Waals surface area contributed by atoms with Gasteiger partial charge in [0, 0.05) is 0 Å². The Morgan fingerprint density at radius 2 is 2.10 bits per heavy atom. The van der Waals surface area contributed by atoms with Gasteiger partial charge >= 0.3 is 0 Å². The lowest BCUT2D eigenvalue weighted by Crippen LogP contribution is -2.37. The molecule has 0 saturated heterocycles. The Bertz CT molecular complexity index is 537. The third-order valence-corrected chi connectivity index (χ3v) is 2.77. The number of amides is 1. The van der Waals surface area contributed by atoms with Crippen LogP contribution in [0.2, 0.25) is 0 Å². The Morgan fingerprint density at radius 1 is 1.35 bits per heavy atom. The van der Waals surface area contributed by atoms with E-state index < -0.39 is 6.10 Å². The molecule has 4 nitrogen and oxygen atoms in total. The van der Waals surface area contributed by atoms with Gasteiger partial charge in [-0.1, -0.05) is 6.92 Å².